The summed E-state index contributed by atoms with van der Waals surface area (Å²) in [5.41, 5.74) is 6.85. The Bertz CT molecular complexity index is 529. The van der Waals surface area contributed by atoms with Crippen LogP contribution in [-0.4, -0.2) is 46.2 Å². The lowest BCUT2D eigenvalue weighted by Crippen LogP contribution is -2.38. The van der Waals surface area contributed by atoms with E-state index in [1.54, 1.807) is 18.2 Å². The second-order valence-electron chi connectivity index (χ2n) is 5.07. The largest absolute Gasteiger partial charge is 0.397 e. The second-order valence-corrected chi connectivity index (χ2v) is 7.21. The van der Waals surface area contributed by atoms with Crippen molar-refractivity contribution in [1.82, 2.24) is 4.90 Å². The van der Waals surface area contributed by atoms with E-state index in [1.807, 2.05) is 0 Å². The van der Waals surface area contributed by atoms with E-state index in [9.17, 15) is 9.00 Å². The van der Waals surface area contributed by atoms with Gasteiger partial charge in [-0.3, -0.25) is 9.00 Å². The summed E-state index contributed by atoms with van der Waals surface area (Å²) in [5, 5.41) is 3.32. The fourth-order valence-corrected chi connectivity index (χ4v) is 3.51. The van der Waals surface area contributed by atoms with Gasteiger partial charge >= 0.3 is 0 Å². The molecule has 3 N–H and O–H groups in total. The van der Waals surface area contributed by atoms with Crippen molar-refractivity contribution in [2.45, 2.75) is 12.8 Å². The van der Waals surface area contributed by atoms with Gasteiger partial charge in [0.25, 0.3) is 0 Å². The molecular weight excluding hydrogens is 310 g/mol. The number of amides is 1. The molecule has 0 atom stereocenters. The van der Waals surface area contributed by atoms with Gasteiger partial charge in [-0.15, -0.1) is 0 Å². The van der Waals surface area contributed by atoms with Crippen molar-refractivity contribution in [1.29, 1.82) is 0 Å². The van der Waals surface area contributed by atoms with E-state index in [4.69, 9.17) is 17.3 Å². The first-order valence-corrected chi connectivity index (χ1v) is 8.83. The molecule has 1 saturated heterocycles. The Morgan fingerprint density at radius 2 is 2.10 bits per heavy atom. The molecule has 116 valence electrons. The van der Waals surface area contributed by atoms with Crippen LogP contribution in [0.2, 0.25) is 5.02 Å². The van der Waals surface area contributed by atoms with Crippen molar-refractivity contribution in [3.05, 3.63) is 23.2 Å². The molecular formula is C14H20ClN3O2S. The molecule has 1 fully saturated rings. The van der Waals surface area contributed by atoms with Crippen LogP contribution in [0.4, 0.5) is 11.4 Å². The molecule has 0 aliphatic carbocycles. The highest BCUT2D eigenvalue weighted by Gasteiger charge is 2.15. The number of carbonyl (C=O) groups excluding carboxylic acids is 1. The number of anilines is 2. The first-order chi connectivity index (χ1) is 10.0. The maximum absolute atomic E-state index is 11.9. The predicted molar refractivity (Wildman–Crippen MR) is 88.0 cm³/mol. The molecule has 0 spiro atoms. The van der Waals surface area contributed by atoms with Crippen LogP contribution in [0.15, 0.2) is 18.2 Å². The van der Waals surface area contributed by atoms with Crippen molar-refractivity contribution in [3.8, 4) is 0 Å². The Morgan fingerprint density at radius 1 is 1.38 bits per heavy atom. The molecule has 1 aromatic carbocycles. The summed E-state index contributed by atoms with van der Waals surface area (Å²) in [6.07, 6.45) is 1.21. The average Bonchev–Trinajstić information content (AvgIpc) is 2.45. The Labute approximate surface area is 132 Å². The number of nitrogens with one attached hydrogen (secondary N) is 1. The molecule has 1 aliphatic heterocycles. The molecule has 21 heavy (non-hydrogen) atoms. The van der Waals surface area contributed by atoms with E-state index >= 15 is 0 Å². The fraction of sp³-hybridized carbons (Fsp3) is 0.500. The fourth-order valence-electron chi connectivity index (χ4n) is 2.21. The summed E-state index contributed by atoms with van der Waals surface area (Å²) >= 11 is 5.88. The number of nitrogens with zero attached hydrogens (tertiary/aromatic N) is 1. The lowest BCUT2D eigenvalue weighted by Gasteiger charge is -2.25. The van der Waals surface area contributed by atoms with Gasteiger partial charge in [-0.1, -0.05) is 11.6 Å². The third kappa shape index (κ3) is 5.30. The molecule has 1 heterocycles. The highest BCUT2D eigenvalue weighted by molar-refractivity contribution is 7.85. The molecule has 0 bridgehead atoms. The summed E-state index contributed by atoms with van der Waals surface area (Å²) in [6.45, 7) is 2.57. The van der Waals surface area contributed by atoms with E-state index in [0.717, 1.165) is 37.6 Å². The standard InChI is InChI=1S/C14H20ClN3O2S/c15-11-3-4-12(16)13(10-11)17-14(19)2-1-5-18-6-8-21(20)9-7-18/h3-4,10H,1-2,5-9,16H2,(H,17,19). The number of hydrogen-bond donors (Lipinski definition) is 2. The molecule has 1 aliphatic rings. The maximum Gasteiger partial charge on any atom is 0.224 e. The highest BCUT2D eigenvalue weighted by Crippen LogP contribution is 2.23. The Hall–Kier alpha value is -1.11. The molecule has 5 nitrogen and oxygen atoms in total. The van der Waals surface area contributed by atoms with Crippen LogP contribution in [-0.2, 0) is 15.6 Å². The minimum atomic E-state index is -0.654. The normalized spacial score (nSPS) is 16.8. The summed E-state index contributed by atoms with van der Waals surface area (Å²) in [5.74, 6) is 1.42. The van der Waals surface area contributed by atoms with Gasteiger partial charge in [0.05, 0.1) is 11.4 Å². The van der Waals surface area contributed by atoms with E-state index < -0.39 is 10.8 Å². The number of nitrogens with two attached hydrogens (primary N) is 1. The van der Waals surface area contributed by atoms with Gasteiger partial charge in [0.1, 0.15) is 0 Å². The van der Waals surface area contributed by atoms with E-state index in [1.165, 1.54) is 0 Å². The topological polar surface area (TPSA) is 75.4 Å². The van der Waals surface area contributed by atoms with Crippen LogP contribution in [0.5, 0.6) is 0 Å². The Balaban J connectivity index is 1.72. The number of rotatable bonds is 5. The van der Waals surface area contributed by atoms with E-state index in [-0.39, 0.29) is 5.91 Å². The van der Waals surface area contributed by atoms with Gasteiger partial charge in [-0.25, -0.2) is 0 Å². The van der Waals surface area contributed by atoms with Crippen LogP contribution >= 0.6 is 11.6 Å². The van der Waals surface area contributed by atoms with Gasteiger partial charge in [-0.2, -0.15) is 0 Å². The zero-order valence-electron chi connectivity index (χ0n) is 11.8. The van der Waals surface area contributed by atoms with Crippen molar-refractivity contribution < 1.29 is 9.00 Å². The first-order valence-electron chi connectivity index (χ1n) is 6.97. The number of benzene rings is 1. The van der Waals surface area contributed by atoms with Crippen LogP contribution in [0.1, 0.15) is 12.8 Å². The number of hydrogen-bond acceptors (Lipinski definition) is 4. The Morgan fingerprint density at radius 3 is 2.81 bits per heavy atom. The number of carbonyl (C=O) groups is 1. The summed E-state index contributed by atoms with van der Waals surface area (Å²) in [7, 11) is -0.654. The van der Waals surface area contributed by atoms with E-state index in [2.05, 4.69) is 10.2 Å². The minimum Gasteiger partial charge on any atom is -0.397 e. The van der Waals surface area contributed by atoms with Crippen molar-refractivity contribution in [2.75, 3.05) is 42.2 Å². The molecule has 1 amide bonds. The zero-order chi connectivity index (χ0) is 15.2. The SMILES string of the molecule is Nc1ccc(Cl)cc1NC(=O)CCCN1CCS(=O)CC1. The van der Waals surface area contributed by atoms with Gasteiger partial charge < -0.3 is 16.0 Å². The average molecular weight is 330 g/mol. The lowest BCUT2D eigenvalue weighted by atomic mass is 10.2. The van der Waals surface area contributed by atoms with Crippen molar-refractivity contribution in [2.24, 2.45) is 0 Å². The number of halogens is 1. The molecule has 1 aromatic rings. The number of nitrogen functional groups attached to an aromatic ring is 1. The Kier molecular flexibility index (Phi) is 6.02. The van der Waals surface area contributed by atoms with Crippen LogP contribution in [0.25, 0.3) is 0 Å². The van der Waals surface area contributed by atoms with Crippen molar-refractivity contribution in [3.63, 3.8) is 0 Å². The molecule has 2 rings (SSSR count). The van der Waals surface area contributed by atoms with Gasteiger partial charge in [0, 0.05) is 46.8 Å². The third-order valence-electron chi connectivity index (χ3n) is 3.44. The predicted octanol–water partition coefficient (Wildman–Crippen LogP) is 1.71. The van der Waals surface area contributed by atoms with Crippen molar-refractivity contribution >= 4 is 39.7 Å². The molecule has 0 saturated carbocycles. The van der Waals surface area contributed by atoms with Crippen LogP contribution in [0, 0.1) is 0 Å². The van der Waals surface area contributed by atoms with Gasteiger partial charge in [0.15, 0.2) is 0 Å². The second kappa shape index (κ2) is 7.77. The summed E-state index contributed by atoms with van der Waals surface area (Å²) < 4.78 is 11.3. The highest BCUT2D eigenvalue weighted by atomic mass is 35.5. The molecule has 0 radical (unpaired) electrons. The smallest absolute Gasteiger partial charge is 0.224 e. The first kappa shape index (κ1) is 16.3. The summed E-state index contributed by atoms with van der Waals surface area (Å²) in [4.78, 5) is 14.1. The van der Waals surface area contributed by atoms with E-state index in [0.29, 0.717) is 22.8 Å². The molecule has 0 aromatic heterocycles. The minimum absolute atomic E-state index is 0.0652. The van der Waals surface area contributed by atoms with Crippen LogP contribution < -0.4 is 11.1 Å². The monoisotopic (exact) mass is 329 g/mol. The van der Waals surface area contributed by atoms with Gasteiger partial charge in [0.2, 0.25) is 5.91 Å². The molecule has 0 unspecified atom stereocenters. The lowest BCUT2D eigenvalue weighted by molar-refractivity contribution is -0.116. The van der Waals surface area contributed by atoms with Crippen LogP contribution in [0.3, 0.4) is 0 Å². The maximum atomic E-state index is 11.9. The quantitative estimate of drug-likeness (QED) is 0.806. The third-order valence-corrected chi connectivity index (χ3v) is 4.95. The van der Waals surface area contributed by atoms with Gasteiger partial charge in [-0.05, 0) is 31.2 Å². The molecule has 7 heteroatoms. The zero-order valence-corrected chi connectivity index (χ0v) is 13.4. The summed E-state index contributed by atoms with van der Waals surface area (Å²) in [6, 6.07) is 5.01.